The summed E-state index contributed by atoms with van der Waals surface area (Å²) in [4.78, 5) is 12.1. The average molecular weight is 353 g/mol. The highest BCUT2D eigenvalue weighted by atomic mass is 79.9. The van der Waals surface area contributed by atoms with E-state index < -0.39 is 0 Å². The topological polar surface area (TPSA) is 72.9 Å². The molecule has 0 unspecified atom stereocenters. The average Bonchev–Trinajstić information content (AvgIpc) is 2.97. The maximum absolute atomic E-state index is 5.97. The van der Waals surface area contributed by atoms with E-state index >= 15 is 0 Å². The van der Waals surface area contributed by atoms with Crippen molar-refractivity contribution in [2.75, 3.05) is 17.7 Å². The summed E-state index contributed by atoms with van der Waals surface area (Å²) < 4.78 is 2.82. The van der Waals surface area contributed by atoms with Crippen molar-refractivity contribution in [1.82, 2.24) is 19.7 Å². The molecule has 0 saturated heterocycles. The van der Waals surface area contributed by atoms with Gasteiger partial charge in [-0.15, -0.1) is 11.3 Å². The molecule has 0 aliphatic rings. The highest BCUT2D eigenvalue weighted by Gasteiger charge is 2.13. The number of halogens is 1. The first-order valence-electron chi connectivity index (χ1n) is 5.95. The fourth-order valence-electron chi connectivity index (χ4n) is 1.94. The number of thiophene rings is 1. The second kappa shape index (κ2) is 5.02. The minimum absolute atomic E-state index is 0.456. The Morgan fingerprint density at radius 1 is 1.40 bits per heavy atom. The van der Waals surface area contributed by atoms with Crippen molar-refractivity contribution in [2.45, 2.75) is 6.54 Å². The number of nitrogens with two attached hydrogens (primary N) is 1. The summed E-state index contributed by atoms with van der Waals surface area (Å²) in [7, 11) is 3.79. The van der Waals surface area contributed by atoms with Gasteiger partial charge >= 0.3 is 0 Å². The minimum atomic E-state index is 0.456. The van der Waals surface area contributed by atoms with E-state index in [4.69, 9.17) is 5.73 Å². The second-order valence-electron chi connectivity index (χ2n) is 4.48. The highest BCUT2D eigenvalue weighted by molar-refractivity contribution is 9.11. The number of rotatable bonds is 3. The van der Waals surface area contributed by atoms with Crippen LogP contribution in [0.1, 0.15) is 4.88 Å². The molecule has 0 fully saturated rings. The van der Waals surface area contributed by atoms with Crippen LogP contribution in [-0.4, -0.2) is 26.8 Å². The molecule has 0 amide bonds. The summed E-state index contributed by atoms with van der Waals surface area (Å²) in [5, 5.41) is 4.94. The predicted octanol–water partition coefficient (Wildman–Crippen LogP) is 2.41. The lowest BCUT2D eigenvalue weighted by atomic mass is 10.4. The van der Waals surface area contributed by atoms with Crippen molar-refractivity contribution in [3.05, 3.63) is 27.0 Å². The maximum atomic E-state index is 5.97. The van der Waals surface area contributed by atoms with Crippen LogP contribution in [0.2, 0.25) is 0 Å². The van der Waals surface area contributed by atoms with Crippen molar-refractivity contribution in [3.8, 4) is 0 Å². The first kappa shape index (κ1) is 13.3. The normalized spacial score (nSPS) is 11.2. The molecule has 0 saturated carbocycles. The van der Waals surface area contributed by atoms with Gasteiger partial charge < -0.3 is 10.6 Å². The van der Waals surface area contributed by atoms with Crippen LogP contribution in [0.5, 0.6) is 0 Å². The van der Waals surface area contributed by atoms with Crippen LogP contribution >= 0.6 is 27.3 Å². The Bertz CT molecular complexity index is 764. The third kappa shape index (κ3) is 2.36. The van der Waals surface area contributed by atoms with E-state index in [1.807, 2.05) is 25.1 Å². The fourth-order valence-corrected chi connectivity index (χ4v) is 3.48. The zero-order chi connectivity index (χ0) is 14.3. The number of nitrogens with zero attached hydrogens (tertiary/aromatic N) is 5. The molecule has 6 nitrogen and oxygen atoms in total. The number of hydrogen-bond donors (Lipinski definition) is 1. The van der Waals surface area contributed by atoms with Crippen LogP contribution < -0.4 is 10.6 Å². The molecule has 0 bridgehead atoms. The van der Waals surface area contributed by atoms with Crippen molar-refractivity contribution in [2.24, 2.45) is 7.05 Å². The number of hydrogen-bond acceptors (Lipinski definition) is 6. The summed E-state index contributed by atoms with van der Waals surface area (Å²) in [6.45, 7) is 0.735. The van der Waals surface area contributed by atoms with Crippen molar-refractivity contribution in [1.29, 1.82) is 0 Å². The number of aryl methyl sites for hydroxylation is 1. The van der Waals surface area contributed by atoms with Crippen LogP contribution in [0.25, 0.3) is 11.0 Å². The van der Waals surface area contributed by atoms with E-state index in [1.54, 1.807) is 22.2 Å². The van der Waals surface area contributed by atoms with E-state index in [0.29, 0.717) is 11.8 Å². The Morgan fingerprint density at radius 2 is 2.20 bits per heavy atom. The fraction of sp³-hybridized carbons (Fsp3) is 0.250. The molecular weight excluding hydrogens is 340 g/mol. The lowest BCUT2D eigenvalue weighted by Gasteiger charge is -2.16. The second-order valence-corrected chi connectivity index (χ2v) is 7.02. The summed E-state index contributed by atoms with van der Waals surface area (Å²) in [5.41, 5.74) is 6.71. The van der Waals surface area contributed by atoms with Gasteiger partial charge in [0.2, 0.25) is 5.95 Å². The zero-order valence-corrected chi connectivity index (χ0v) is 13.4. The van der Waals surface area contributed by atoms with Gasteiger partial charge in [0.1, 0.15) is 5.82 Å². The number of aromatic nitrogens is 4. The van der Waals surface area contributed by atoms with Gasteiger partial charge in [-0.1, -0.05) is 0 Å². The largest absolute Gasteiger partial charge is 0.383 e. The Morgan fingerprint density at radius 3 is 2.90 bits per heavy atom. The Kier molecular flexibility index (Phi) is 3.35. The third-order valence-electron chi connectivity index (χ3n) is 2.97. The Hall–Kier alpha value is -1.67. The summed E-state index contributed by atoms with van der Waals surface area (Å²) in [6.07, 6.45) is 1.69. The Labute approximate surface area is 128 Å². The lowest BCUT2D eigenvalue weighted by molar-refractivity contribution is 0.781. The van der Waals surface area contributed by atoms with Crippen LogP contribution in [-0.2, 0) is 13.6 Å². The number of nitrogen functional groups attached to an aromatic ring is 1. The van der Waals surface area contributed by atoms with Crippen molar-refractivity contribution < 1.29 is 0 Å². The first-order chi connectivity index (χ1) is 9.54. The van der Waals surface area contributed by atoms with E-state index in [2.05, 4.69) is 37.1 Å². The first-order valence-corrected chi connectivity index (χ1v) is 7.56. The maximum Gasteiger partial charge on any atom is 0.229 e. The molecule has 0 atom stereocenters. The van der Waals surface area contributed by atoms with E-state index in [0.717, 1.165) is 21.4 Å². The monoisotopic (exact) mass is 352 g/mol. The molecule has 0 aliphatic heterocycles. The highest BCUT2D eigenvalue weighted by Crippen LogP contribution is 2.25. The van der Waals surface area contributed by atoms with E-state index in [9.17, 15) is 0 Å². The van der Waals surface area contributed by atoms with Crippen molar-refractivity contribution >= 4 is 50.1 Å². The molecule has 0 spiro atoms. The zero-order valence-electron chi connectivity index (χ0n) is 11.0. The summed E-state index contributed by atoms with van der Waals surface area (Å²) >= 11 is 5.16. The van der Waals surface area contributed by atoms with Gasteiger partial charge in [0.05, 0.1) is 21.9 Å². The van der Waals surface area contributed by atoms with Gasteiger partial charge in [-0.2, -0.15) is 15.1 Å². The molecule has 0 aliphatic carbocycles. The van der Waals surface area contributed by atoms with Gasteiger partial charge in [-0.3, -0.25) is 4.68 Å². The number of anilines is 2. The van der Waals surface area contributed by atoms with Crippen LogP contribution in [0.15, 0.2) is 22.1 Å². The molecule has 3 aromatic heterocycles. The minimum Gasteiger partial charge on any atom is -0.383 e. The molecule has 8 heteroatoms. The standard InChI is InChI=1S/C12H13BrN6S/c1-18(6-7-3-4-9(13)20-7)12-16-10(14)8-5-15-19(2)11(8)17-12/h3-5H,6H2,1-2H3,(H2,14,16,17). The number of fused-ring (bicyclic) bond motifs is 1. The van der Waals surface area contributed by atoms with Crippen LogP contribution in [0.4, 0.5) is 11.8 Å². The van der Waals surface area contributed by atoms with Gasteiger partial charge in [-0.05, 0) is 28.1 Å². The van der Waals surface area contributed by atoms with Crippen molar-refractivity contribution in [3.63, 3.8) is 0 Å². The predicted molar refractivity (Wildman–Crippen MR) is 84.8 cm³/mol. The third-order valence-corrected chi connectivity index (χ3v) is 4.58. The molecule has 2 N–H and O–H groups in total. The Balaban J connectivity index is 1.94. The van der Waals surface area contributed by atoms with Gasteiger partial charge in [0.25, 0.3) is 0 Å². The molecule has 20 heavy (non-hydrogen) atoms. The smallest absolute Gasteiger partial charge is 0.229 e. The van der Waals surface area contributed by atoms with Gasteiger partial charge in [0.15, 0.2) is 5.65 Å². The molecule has 0 aromatic carbocycles. The molecule has 3 aromatic rings. The molecular formula is C12H13BrN6S. The molecule has 3 heterocycles. The molecule has 0 radical (unpaired) electrons. The molecule has 104 valence electrons. The SMILES string of the molecule is CN(Cc1ccc(Br)s1)c1nc(N)c2cnn(C)c2n1. The lowest BCUT2D eigenvalue weighted by Crippen LogP contribution is -2.19. The van der Waals surface area contributed by atoms with Gasteiger partial charge in [0, 0.05) is 19.0 Å². The quantitative estimate of drug-likeness (QED) is 0.783. The van der Waals surface area contributed by atoms with E-state index in [1.165, 1.54) is 4.88 Å². The van der Waals surface area contributed by atoms with E-state index in [-0.39, 0.29) is 0 Å². The summed E-state index contributed by atoms with van der Waals surface area (Å²) in [6, 6.07) is 4.12. The van der Waals surface area contributed by atoms with Crippen LogP contribution in [0.3, 0.4) is 0 Å². The molecule has 3 rings (SSSR count). The summed E-state index contributed by atoms with van der Waals surface area (Å²) in [5.74, 6) is 1.06. The van der Waals surface area contributed by atoms with Crippen LogP contribution in [0, 0.1) is 0 Å². The van der Waals surface area contributed by atoms with Gasteiger partial charge in [-0.25, -0.2) is 0 Å².